The van der Waals surface area contributed by atoms with Crippen LogP contribution in [0.15, 0.2) is 0 Å². The zero-order chi connectivity index (χ0) is 10.3. The summed E-state index contributed by atoms with van der Waals surface area (Å²) >= 11 is 0. The quantitative estimate of drug-likeness (QED) is 0.390. The maximum absolute atomic E-state index is 10.3. The second-order valence-corrected chi connectivity index (χ2v) is 6.05. The first-order valence-electron chi connectivity index (χ1n) is 3.18. The fraction of sp³-hybridized carbons (Fsp3) is 0.600. The van der Waals surface area contributed by atoms with Crippen molar-refractivity contribution in [3.63, 3.8) is 0 Å². The minimum absolute atomic E-state index is 0.0138. The van der Waals surface area contributed by atoms with Crippen molar-refractivity contribution >= 4 is 17.5 Å². The van der Waals surface area contributed by atoms with Crippen LogP contribution in [-0.2, 0) is 9.74 Å². The molecule has 0 saturated carbocycles. The van der Waals surface area contributed by atoms with Gasteiger partial charge in [-0.05, 0) is 0 Å². The van der Waals surface area contributed by atoms with E-state index in [0.717, 1.165) is 0 Å². The van der Waals surface area contributed by atoms with E-state index in [9.17, 15) is 8.42 Å². The molecule has 0 heterocycles. The molecule has 0 aromatic heterocycles. The fourth-order valence-electron chi connectivity index (χ4n) is 0.541. The molecule has 1 unspecified atom stereocenters. The Labute approximate surface area is 78.0 Å². The molecule has 0 radical (unpaired) electrons. The number of hydrogen-bond acceptors (Lipinski definition) is 5. The van der Waals surface area contributed by atoms with Crippen molar-refractivity contribution in [2.75, 3.05) is 19.4 Å². The molecule has 0 amide bonds. The van der Waals surface area contributed by atoms with Crippen LogP contribution in [0.25, 0.3) is 0 Å². The van der Waals surface area contributed by atoms with E-state index in [4.69, 9.17) is 15.1 Å². The maximum Gasteiger partial charge on any atom is 0.279 e. The summed E-state index contributed by atoms with van der Waals surface area (Å²) in [4.78, 5) is 1.34. The van der Waals surface area contributed by atoms with Crippen LogP contribution >= 0.6 is 7.78 Å². The van der Waals surface area contributed by atoms with E-state index in [0.29, 0.717) is 0 Å². The van der Waals surface area contributed by atoms with Crippen LogP contribution in [0.5, 0.6) is 0 Å². The predicted octanol–water partition coefficient (Wildman–Crippen LogP) is -0.226. The smallest absolute Gasteiger partial charge is 0.279 e. The van der Waals surface area contributed by atoms with Crippen molar-refractivity contribution in [1.82, 2.24) is 4.90 Å². The van der Waals surface area contributed by atoms with Crippen molar-refractivity contribution in [3.8, 4) is 12.1 Å². The molecule has 0 aliphatic rings. The summed E-state index contributed by atoms with van der Waals surface area (Å²) in [5.41, 5.74) is 0. The molecule has 1 N–H and O–H groups in total. The lowest BCUT2D eigenvalue weighted by Crippen LogP contribution is -2.23. The van der Waals surface area contributed by atoms with Crippen LogP contribution in [0.3, 0.4) is 0 Å². The molecular weight excluding hydrogens is 213 g/mol. The van der Waals surface area contributed by atoms with E-state index in [1.807, 2.05) is 0 Å². The van der Waals surface area contributed by atoms with Crippen molar-refractivity contribution in [3.05, 3.63) is 0 Å². The molecule has 0 aliphatic heterocycles. The highest BCUT2D eigenvalue weighted by molar-refractivity contribution is 8.40. The van der Waals surface area contributed by atoms with Crippen LogP contribution in [0, 0.1) is 22.7 Å². The van der Waals surface area contributed by atoms with Crippen molar-refractivity contribution in [2.45, 2.75) is 0 Å². The first-order chi connectivity index (χ1) is 5.99. The lowest BCUT2D eigenvalue weighted by molar-refractivity contribution is 0.403. The van der Waals surface area contributed by atoms with Gasteiger partial charge in [0, 0.05) is 14.1 Å². The summed E-state index contributed by atoms with van der Waals surface area (Å²) in [5, 5.41) is 16.6. The third-order valence-electron chi connectivity index (χ3n) is 1.06. The van der Waals surface area contributed by atoms with Gasteiger partial charge in [0.25, 0.3) is 9.74 Å². The molecule has 6 nitrogen and oxygen atoms in total. The molecule has 13 heavy (non-hydrogen) atoms. The largest absolute Gasteiger partial charge is 0.283 e. The van der Waals surface area contributed by atoms with Crippen molar-refractivity contribution < 1.29 is 13.0 Å². The van der Waals surface area contributed by atoms with Gasteiger partial charge < -0.3 is 0 Å². The standard InChI is InChI=1S/C5H8N3O3PS/c6-1-3-8(4-2-7)5-12-13(9,10)11/h12H,3-5H2,(H,9,10,11). The van der Waals surface area contributed by atoms with Gasteiger partial charge in [-0.2, -0.15) is 18.9 Å². The molecule has 0 bridgehead atoms. The molecule has 0 aliphatic carbocycles. The minimum atomic E-state index is -3.99. The first-order valence-corrected chi connectivity index (χ1v) is 6.55. The maximum atomic E-state index is 10.3. The second-order valence-electron chi connectivity index (χ2n) is 2.08. The number of nitrogens with zero attached hydrogens (tertiary/aromatic N) is 3. The van der Waals surface area contributed by atoms with Gasteiger partial charge in [0.05, 0.1) is 25.2 Å². The zero-order valence-electron chi connectivity index (χ0n) is 6.63. The average molecular weight is 221 g/mol. The molecular formula is C5H8N3O3PS. The molecule has 72 valence electrons. The molecule has 0 spiro atoms. The third kappa shape index (κ3) is 7.63. The Morgan fingerprint density at radius 3 is 2.08 bits per heavy atom. The average Bonchev–Trinajstić information content (AvgIpc) is 2.00. The summed E-state index contributed by atoms with van der Waals surface area (Å²) in [5.74, 6) is 0. The van der Waals surface area contributed by atoms with E-state index in [2.05, 4.69) is 0 Å². The second kappa shape index (κ2) is 5.85. The summed E-state index contributed by atoms with van der Waals surface area (Å²) in [7, 11) is -4.70. The van der Waals surface area contributed by atoms with Crippen LogP contribution in [0.1, 0.15) is 0 Å². The molecule has 0 rings (SSSR count). The van der Waals surface area contributed by atoms with E-state index in [-0.39, 0.29) is 19.4 Å². The van der Waals surface area contributed by atoms with Gasteiger partial charge in [0.2, 0.25) is 0 Å². The molecule has 0 fully saturated rings. The van der Waals surface area contributed by atoms with Crippen LogP contribution in [0.2, 0.25) is 0 Å². The fourth-order valence-corrected chi connectivity index (χ4v) is 2.15. The van der Waals surface area contributed by atoms with Crippen LogP contribution < -0.4 is 0 Å². The van der Waals surface area contributed by atoms with Crippen LogP contribution in [-0.4, -0.2) is 37.2 Å². The molecule has 0 aromatic carbocycles. The SMILES string of the molecule is N#CCN(CC#N)CPS(=O)(=O)O. The monoisotopic (exact) mass is 221 g/mol. The van der Waals surface area contributed by atoms with E-state index >= 15 is 0 Å². The molecule has 8 heteroatoms. The Morgan fingerprint density at radius 2 is 1.77 bits per heavy atom. The zero-order valence-corrected chi connectivity index (χ0v) is 8.45. The Morgan fingerprint density at radius 1 is 1.31 bits per heavy atom. The Kier molecular flexibility index (Phi) is 5.52. The van der Waals surface area contributed by atoms with Gasteiger partial charge >= 0.3 is 0 Å². The Hall–Kier alpha value is -0.720. The lowest BCUT2D eigenvalue weighted by Gasteiger charge is -2.12. The van der Waals surface area contributed by atoms with Gasteiger partial charge in [0.15, 0.2) is 0 Å². The number of rotatable bonds is 5. The number of hydrogen-bond donors (Lipinski definition) is 1. The van der Waals surface area contributed by atoms with E-state index in [1.54, 1.807) is 12.1 Å². The topological polar surface area (TPSA) is 105 Å². The molecule has 0 aromatic rings. The minimum Gasteiger partial charge on any atom is -0.283 e. The summed E-state index contributed by atoms with van der Waals surface area (Å²) in [6.45, 7) is -0.0356. The molecule has 0 saturated heterocycles. The highest BCUT2D eigenvalue weighted by Gasteiger charge is 2.09. The van der Waals surface area contributed by atoms with Gasteiger partial charge in [-0.15, -0.1) is 0 Å². The summed E-state index contributed by atoms with van der Waals surface area (Å²) < 4.78 is 29.0. The van der Waals surface area contributed by atoms with E-state index in [1.165, 1.54) is 4.90 Å². The van der Waals surface area contributed by atoms with Gasteiger partial charge in [-0.1, -0.05) is 0 Å². The van der Waals surface area contributed by atoms with Gasteiger partial charge in [0.1, 0.15) is 0 Å². The van der Waals surface area contributed by atoms with E-state index < -0.39 is 17.5 Å². The van der Waals surface area contributed by atoms with Crippen LogP contribution in [0.4, 0.5) is 0 Å². The van der Waals surface area contributed by atoms with Gasteiger partial charge in [-0.3, -0.25) is 9.45 Å². The van der Waals surface area contributed by atoms with Crippen molar-refractivity contribution in [2.24, 2.45) is 0 Å². The molecule has 1 atom stereocenters. The van der Waals surface area contributed by atoms with Gasteiger partial charge in [-0.25, -0.2) is 0 Å². The summed E-state index contributed by atoms with van der Waals surface area (Å²) in [6, 6.07) is 3.58. The normalized spacial score (nSPS) is 11.7. The first kappa shape index (κ1) is 12.3. The highest BCUT2D eigenvalue weighted by Crippen LogP contribution is 2.18. The third-order valence-corrected chi connectivity index (χ3v) is 3.48. The summed E-state index contributed by atoms with van der Waals surface area (Å²) in [6.07, 6.45) is 0.0138. The highest BCUT2D eigenvalue weighted by atomic mass is 32.8. The predicted molar refractivity (Wildman–Crippen MR) is 47.5 cm³/mol. The Balaban J connectivity index is 3.99. The lowest BCUT2D eigenvalue weighted by atomic mass is 10.6. The van der Waals surface area contributed by atoms with Crippen molar-refractivity contribution in [1.29, 1.82) is 10.5 Å². The Bertz CT molecular complexity index is 312. The number of nitriles is 2.